The van der Waals surface area contributed by atoms with Crippen LogP contribution in [-0.4, -0.2) is 51.1 Å². The van der Waals surface area contributed by atoms with Gasteiger partial charge in [-0.3, -0.25) is 9.59 Å². The third-order valence-electron chi connectivity index (χ3n) is 6.69. The molecule has 9 nitrogen and oxygen atoms in total. The van der Waals surface area contributed by atoms with Gasteiger partial charge < -0.3 is 33.9 Å². The van der Waals surface area contributed by atoms with Gasteiger partial charge in [-0.25, -0.2) is 0 Å². The van der Waals surface area contributed by atoms with E-state index in [0.717, 1.165) is 0 Å². The number of benzene rings is 2. The predicted octanol–water partition coefficient (Wildman–Crippen LogP) is 2.36. The van der Waals surface area contributed by atoms with Crippen molar-refractivity contribution in [1.29, 1.82) is 0 Å². The lowest BCUT2D eigenvalue weighted by Gasteiger charge is -2.23. The van der Waals surface area contributed by atoms with E-state index in [2.05, 4.69) is 5.32 Å². The first-order valence-electron chi connectivity index (χ1n) is 10.6. The van der Waals surface area contributed by atoms with Crippen LogP contribution in [0.15, 0.2) is 48.6 Å². The van der Waals surface area contributed by atoms with E-state index < -0.39 is 23.5 Å². The smallest absolute Gasteiger partial charge is 0.234 e. The Bertz CT molecular complexity index is 1170. The van der Waals surface area contributed by atoms with Gasteiger partial charge in [0.15, 0.2) is 11.5 Å². The monoisotopic (exact) mass is 450 g/mol. The highest BCUT2D eigenvalue weighted by molar-refractivity contribution is 6.05. The highest BCUT2D eigenvalue weighted by atomic mass is 16.7. The molecule has 170 valence electrons. The summed E-state index contributed by atoms with van der Waals surface area (Å²) in [5.74, 6) is 0.636. The van der Waals surface area contributed by atoms with E-state index in [1.807, 2.05) is 18.2 Å². The molecule has 4 aliphatic rings. The minimum absolute atomic E-state index is 0.149. The van der Waals surface area contributed by atoms with Crippen LogP contribution in [0, 0.1) is 11.8 Å². The van der Waals surface area contributed by atoms with Gasteiger partial charge in [0.25, 0.3) is 0 Å². The Balaban J connectivity index is 1.28. The van der Waals surface area contributed by atoms with E-state index in [-0.39, 0.29) is 18.6 Å². The average molecular weight is 450 g/mol. The quantitative estimate of drug-likeness (QED) is 0.699. The Morgan fingerprint density at radius 2 is 1.85 bits per heavy atom. The van der Waals surface area contributed by atoms with Crippen LogP contribution in [-0.2, 0) is 14.3 Å². The highest BCUT2D eigenvalue weighted by Crippen LogP contribution is 2.53. The van der Waals surface area contributed by atoms with E-state index in [4.69, 9.17) is 23.7 Å². The van der Waals surface area contributed by atoms with Gasteiger partial charge in [0.05, 0.1) is 38.7 Å². The zero-order chi connectivity index (χ0) is 22.7. The number of nitrogens with zero attached hydrogens (tertiary/aromatic N) is 1. The van der Waals surface area contributed by atoms with E-state index >= 15 is 0 Å². The molecule has 9 heteroatoms. The zero-order valence-electron chi connectivity index (χ0n) is 18.1. The first-order valence-corrected chi connectivity index (χ1v) is 10.6. The summed E-state index contributed by atoms with van der Waals surface area (Å²) in [6, 6.07) is 10.5. The Labute approximate surface area is 189 Å². The Kier molecular flexibility index (Phi) is 4.31. The molecular weight excluding hydrogens is 428 g/mol. The van der Waals surface area contributed by atoms with Crippen LogP contribution >= 0.6 is 0 Å². The molecule has 4 aliphatic heterocycles. The summed E-state index contributed by atoms with van der Waals surface area (Å²) >= 11 is 0. The predicted molar refractivity (Wildman–Crippen MR) is 117 cm³/mol. The second-order valence-electron chi connectivity index (χ2n) is 8.45. The molecule has 2 amide bonds. The number of hydrogen-bond donors (Lipinski definition) is 1. The molecule has 2 aromatic rings. The molecule has 4 atom stereocenters. The van der Waals surface area contributed by atoms with Crippen molar-refractivity contribution in [2.75, 3.05) is 37.8 Å². The molecule has 2 bridgehead atoms. The minimum Gasteiger partial charge on any atom is -0.497 e. The maximum absolute atomic E-state index is 13.6. The lowest BCUT2D eigenvalue weighted by atomic mass is 9.77. The molecule has 0 radical (unpaired) electrons. The van der Waals surface area contributed by atoms with Gasteiger partial charge in [-0.2, -0.15) is 0 Å². The van der Waals surface area contributed by atoms with Gasteiger partial charge >= 0.3 is 0 Å². The number of fused-ring (bicyclic) bond motifs is 2. The molecule has 6 rings (SSSR count). The topological polar surface area (TPSA) is 95.6 Å². The van der Waals surface area contributed by atoms with Crippen LogP contribution in [0.4, 0.5) is 11.4 Å². The van der Waals surface area contributed by atoms with E-state index in [1.54, 1.807) is 49.5 Å². The van der Waals surface area contributed by atoms with Crippen LogP contribution in [0.2, 0.25) is 0 Å². The number of nitrogens with one attached hydrogen (secondary N) is 1. The molecule has 4 unspecified atom stereocenters. The van der Waals surface area contributed by atoms with Crippen molar-refractivity contribution >= 4 is 23.2 Å². The maximum atomic E-state index is 13.6. The fraction of sp³-hybridized carbons (Fsp3) is 0.333. The van der Waals surface area contributed by atoms with Gasteiger partial charge in [0.1, 0.15) is 17.1 Å². The number of rotatable bonds is 5. The van der Waals surface area contributed by atoms with Gasteiger partial charge in [-0.15, -0.1) is 0 Å². The van der Waals surface area contributed by atoms with Crippen LogP contribution in [0.3, 0.4) is 0 Å². The SMILES string of the molecule is COc1cc(NC(=O)C2C3C=CC4(CN(c5ccc6c(c5)OCO6)C(=O)C24)O3)cc(OC)c1. The largest absolute Gasteiger partial charge is 0.497 e. The normalized spacial score (nSPS) is 28.2. The van der Waals surface area contributed by atoms with Crippen molar-refractivity contribution in [3.8, 4) is 23.0 Å². The lowest BCUT2D eigenvalue weighted by molar-refractivity contribution is -0.128. The van der Waals surface area contributed by atoms with Crippen molar-refractivity contribution in [3.63, 3.8) is 0 Å². The van der Waals surface area contributed by atoms with E-state index in [0.29, 0.717) is 40.9 Å². The van der Waals surface area contributed by atoms with Crippen molar-refractivity contribution in [2.45, 2.75) is 11.7 Å². The number of carbonyl (C=O) groups excluding carboxylic acids is 2. The van der Waals surface area contributed by atoms with Crippen molar-refractivity contribution in [2.24, 2.45) is 11.8 Å². The summed E-state index contributed by atoms with van der Waals surface area (Å²) in [5, 5.41) is 2.92. The fourth-order valence-electron chi connectivity index (χ4n) is 5.17. The molecule has 0 aliphatic carbocycles. The molecule has 1 N–H and O–H groups in total. The number of carbonyl (C=O) groups is 2. The Hall–Kier alpha value is -3.72. The van der Waals surface area contributed by atoms with Crippen molar-refractivity contribution < 1.29 is 33.3 Å². The first-order chi connectivity index (χ1) is 16.0. The lowest BCUT2D eigenvalue weighted by Crippen LogP contribution is -2.41. The van der Waals surface area contributed by atoms with Gasteiger partial charge in [-0.05, 0) is 12.1 Å². The second-order valence-corrected chi connectivity index (χ2v) is 8.45. The van der Waals surface area contributed by atoms with Gasteiger partial charge in [0, 0.05) is 35.6 Å². The first kappa shape index (κ1) is 19.9. The fourth-order valence-corrected chi connectivity index (χ4v) is 5.17. The van der Waals surface area contributed by atoms with Gasteiger partial charge in [-0.1, -0.05) is 12.2 Å². The summed E-state index contributed by atoms with van der Waals surface area (Å²) in [7, 11) is 3.08. The molecule has 0 aromatic heterocycles. The Morgan fingerprint density at radius 1 is 1.09 bits per heavy atom. The third-order valence-corrected chi connectivity index (χ3v) is 6.69. The summed E-state index contributed by atoms with van der Waals surface area (Å²) in [4.78, 5) is 28.6. The number of methoxy groups -OCH3 is 2. The third kappa shape index (κ3) is 2.96. The summed E-state index contributed by atoms with van der Waals surface area (Å²) in [5.41, 5.74) is 0.381. The Morgan fingerprint density at radius 3 is 2.61 bits per heavy atom. The van der Waals surface area contributed by atoms with Crippen LogP contribution in [0.25, 0.3) is 0 Å². The van der Waals surface area contributed by atoms with Gasteiger partial charge in [0.2, 0.25) is 18.6 Å². The molecule has 2 saturated heterocycles. The van der Waals surface area contributed by atoms with Crippen molar-refractivity contribution in [1.82, 2.24) is 0 Å². The van der Waals surface area contributed by atoms with E-state index in [1.165, 1.54) is 0 Å². The van der Waals surface area contributed by atoms with Crippen LogP contribution < -0.4 is 29.2 Å². The average Bonchev–Trinajstić information content (AvgIpc) is 3.58. The minimum atomic E-state index is -0.827. The summed E-state index contributed by atoms with van der Waals surface area (Å²) in [6.07, 6.45) is 3.35. The maximum Gasteiger partial charge on any atom is 0.234 e. The summed E-state index contributed by atoms with van der Waals surface area (Å²) < 4.78 is 27.6. The second kappa shape index (κ2) is 7.14. The highest BCUT2D eigenvalue weighted by Gasteiger charge is 2.67. The number of ether oxygens (including phenoxy) is 5. The number of anilines is 2. The van der Waals surface area contributed by atoms with Crippen LogP contribution in [0.1, 0.15) is 0 Å². The molecule has 2 aromatic carbocycles. The van der Waals surface area contributed by atoms with E-state index in [9.17, 15) is 9.59 Å². The van der Waals surface area contributed by atoms with Crippen LogP contribution in [0.5, 0.6) is 23.0 Å². The molecule has 33 heavy (non-hydrogen) atoms. The number of amides is 2. The molecule has 1 spiro atoms. The number of hydrogen-bond acceptors (Lipinski definition) is 7. The molecule has 0 saturated carbocycles. The molecular formula is C24H22N2O7. The molecule has 2 fully saturated rings. The summed E-state index contributed by atoms with van der Waals surface area (Å²) in [6.45, 7) is 0.490. The zero-order valence-corrected chi connectivity index (χ0v) is 18.1. The standard InChI is InChI=1S/C24H22N2O7/c1-29-15-7-13(8-16(10-15)30-2)25-22(27)20-18-5-6-24(33-18)11-26(23(28)21(20)24)14-3-4-17-19(9-14)32-12-31-17/h3-10,18,20-21H,11-12H2,1-2H3,(H,25,27). The van der Waals surface area contributed by atoms with Crippen molar-refractivity contribution in [3.05, 3.63) is 48.6 Å². The molecule has 4 heterocycles.